The van der Waals surface area contributed by atoms with Crippen molar-refractivity contribution in [2.45, 2.75) is 45.8 Å². The lowest BCUT2D eigenvalue weighted by Crippen LogP contribution is -2.36. The molecular weight excluding hydrogens is 360 g/mol. The predicted molar refractivity (Wildman–Crippen MR) is 97.8 cm³/mol. The van der Waals surface area contributed by atoms with Crippen molar-refractivity contribution in [3.05, 3.63) is 45.5 Å². The van der Waals surface area contributed by atoms with Crippen molar-refractivity contribution in [2.75, 3.05) is 13.3 Å². The molecule has 0 radical (unpaired) electrons. The maximum atomic E-state index is 12.3. The number of ether oxygens (including phenoxy) is 2. The highest BCUT2D eigenvalue weighted by atomic mass is 35.5. The van der Waals surface area contributed by atoms with E-state index in [0.717, 1.165) is 5.56 Å². The molecule has 2 aromatic rings. The van der Waals surface area contributed by atoms with Crippen LogP contribution in [0.3, 0.4) is 0 Å². The Kier molecular flexibility index (Phi) is 6.97. The summed E-state index contributed by atoms with van der Waals surface area (Å²) in [6.07, 6.45) is 4.18. The Labute approximate surface area is 156 Å². The van der Waals surface area contributed by atoms with Crippen LogP contribution in [-0.4, -0.2) is 28.0 Å². The first-order valence-electron chi connectivity index (χ1n) is 8.37. The monoisotopic (exact) mass is 382 g/mol. The van der Waals surface area contributed by atoms with E-state index in [1.165, 1.54) is 10.9 Å². The van der Waals surface area contributed by atoms with E-state index < -0.39 is 11.1 Å². The summed E-state index contributed by atoms with van der Waals surface area (Å²) in [5.41, 5.74) is -0.0765. The number of rotatable bonds is 8. The standard InChI is InChI=1S/C18H23ClFN3O3/c1-18(2,3)23-17(24)16(19)14(11-22-23)26-12-13-6-7-15(21-10-13)25-9-5-4-8-20/h6-7,10-11H,4-5,8-9,12H2,1-3H3/i20-1. The van der Waals surface area contributed by atoms with Crippen LogP contribution in [0, 0.1) is 0 Å². The van der Waals surface area contributed by atoms with E-state index in [0.29, 0.717) is 25.3 Å². The third-order valence-corrected chi connectivity index (χ3v) is 3.84. The molecule has 0 amide bonds. The number of alkyl halides is 1. The number of hydrogen-bond acceptors (Lipinski definition) is 5. The molecule has 0 saturated carbocycles. The molecule has 2 rings (SSSR count). The number of aromatic nitrogens is 3. The molecule has 2 aromatic heterocycles. The minimum absolute atomic E-state index is 0.00398. The van der Waals surface area contributed by atoms with Crippen molar-refractivity contribution in [3.63, 3.8) is 0 Å². The molecule has 6 nitrogen and oxygen atoms in total. The lowest BCUT2D eigenvalue weighted by Gasteiger charge is -2.21. The molecule has 0 unspecified atom stereocenters. The minimum atomic E-state index is -0.469. The highest BCUT2D eigenvalue weighted by Gasteiger charge is 2.20. The number of halogens is 2. The first-order valence-corrected chi connectivity index (χ1v) is 8.75. The Balaban J connectivity index is 1.97. The molecular formula is C18H23ClFN3O3. The van der Waals surface area contributed by atoms with Crippen LogP contribution in [0.15, 0.2) is 29.3 Å². The summed E-state index contributed by atoms with van der Waals surface area (Å²) < 4.78 is 24.3. The van der Waals surface area contributed by atoms with Crippen molar-refractivity contribution in [1.82, 2.24) is 14.8 Å². The third-order valence-electron chi connectivity index (χ3n) is 3.49. The average Bonchev–Trinajstić information content (AvgIpc) is 2.60. The molecule has 8 heteroatoms. The summed E-state index contributed by atoms with van der Waals surface area (Å²) in [5, 5.41) is 4.11. The first-order chi connectivity index (χ1) is 12.3. The summed E-state index contributed by atoms with van der Waals surface area (Å²) in [6, 6.07) is 3.51. The summed E-state index contributed by atoms with van der Waals surface area (Å²) in [7, 11) is 0. The molecule has 142 valence electrons. The second-order valence-corrected chi connectivity index (χ2v) is 7.13. The topological polar surface area (TPSA) is 66.2 Å². The average molecular weight is 383 g/mol. The third kappa shape index (κ3) is 5.42. The van der Waals surface area contributed by atoms with E-state index in [9.17, 15) is 9.18 Å². The van der Waals surface area contributed by atoms with E-state index >= 15 is 0 Å². The predicted octanol–water partition coefficient (Wildman–Crippen LogP) is 3.75. The number of hydrogen-bond donors (Lipinski definition) is 0. The lowest BCUT2D eigenvalue weighted by atomic mass is 10.1. The Morgan fingerprint density at radius 1 is 1.19 bits per heavy atom. The Morgan fingerprint density at radius 2 is 1.96 bits per heavy atom. The van der Waals surface area contributed by atoms with Gasteiger partial charge in [0.15, 0.2) is 10.8 Å². The van der Waals surface area contributed by atoms with Crippen molar-refractivity contribution in [3.8, 4) is 11.6 Å². The SMILES string of the molecule is CC(C)(C)n1ncc(OCc2ccc(OCCCC[18F])nc2)c(Cl)c1=O. The maximum Gasteiger partial charge on any atom is 0.289 e. The molecule has 2 heterocycles. The van der Waals surface area contributed by atoms with E-state index in [1.54, 1.807) is 18.3 Å². The lowest BCUT2D eigenvalue weighted by molar-refractivity contribution is 0.283. The van der Waals surface area contributed by atoms with Gasteiger partial charge < -0.3 is 9.47 Å². The molecule has 0 bridgehead atoms. The molecule has 0 atom stereocenters. The Bertz CT molecular complexity index is 773. The van der Waals surface area contributed by atoms with E-state index in [4.69, 9.17) is 21.1 Å². The van der Waals surface area contributed by atoms with Crippen molar-refractivity contribution < 1.29 is 13.9 Å². The van der Waals surface area contributed by atoms with Gasteiger partial charge in [0.2, 0.25) is 5.88 Å². The van der Waals surface area contributed by atoms with E-state index in [1.807, 2.05) is 20.8 Å². The normalized spacial score (nSPS) is 11.4. The maximum absolute atomic E-state index is 12.3. The molecule has 0 aromatic carbocycles. The van der Waals surface area contributed by atoms with E-state index in [2.05, 4.69) is 10.1 Å². The second kappa shape index (κ2) is 8.98. The highest BCUT2D eigenvalue weighted by molar-refractivity contribution is 6.31. The summed E-state index contributed by atoms with van der Waals surface area (Å²) >= 11 is 6.12. The fourth-order valence-electron chi connectivity index (χ4n) is 2.11. The van der Waals surface area contributed by atoms with Crippen molar-refractivity contribution in [2.24, 2.45) is 0 Å². The first kappa shape index (κ1) is 20.2. The van der Waals surface area contributed by atoms with Crippen LogP contribution < -0.4 is 15.0 Å². The van der Waals surface area contributed by atoms with Gasteiger partial charge in [-0.1, -0.05) is 11.6 Å². The van der Waals surface area contributed by atoms with Gasteiger partial charge in [-0.05, 0) is 39.7 Å². The molecule has 0 aliphatic heterocycles. The van der Waals surface area contributed by atoms with Crippen LogP contribution in [0.5, 0.6) is 11.6 Å². The molecule has 0 saturated heterocycles. The van der Waals surface area contributed by atoms with Crippen LogP contribution in [-0.2, 0) is 12.1 Å². The molecule has 0 spiro atoms. The smallest absolute Gasteiger partial charge is 0.289 e. The van der Waals surface area contributed by atoms with Gasteiger partial charge in [0, 0.05) is 17.8 Å². The van der Waals surface area contributed by atoms with Gasteiger partial charge >= 0.3 is 0 Å². The second-order valence-electron chi connectivity index (χ2n) is 6.75. The number of nitrogens with zero attached hydrogens (tertiary/aromatic N) is 3. The van der Waals surface area contributed by atoms with E-state index in [-0.39, 0.29) is 24.1 Å². The zero-order chi connectivity index (χ0) is 19.2. The molecule has 0 aliphatic rings. The van der Waals surface area contributed by atoms with Gasteiger partial charge in [0.25, 0.3) is 5.56 Å². The van der Waals surface area contributed by atoms with Crippen LogP contribution in [0.2, 0.25) is 5.02 Å². The van der Waals surface area contributed by atoms with Crippen LogP contribution >= 0.6 is 11.6 Å². The van der Waals surface area contributed by atoms with Gasteiger partial charge in [0.1, 0.15) is 6.61 Å². The number of unbranched alkanes of at least 4 members (excludes halogenated alkanes) is 1. The molecule has 0 N–H and O–H groups in total. The number of pyridine rings is 1. The largest absolute Gasteiger partial charge is 0.485 e. The zero-order valence-corrected chi connectivity index (χ0v) is 15.9. The minimum Gasteiger partial charge on any atom is -0.485 e. The van der Waals surface area contributed by atoms with Gasteiger partial charge in [0.05, 0.1) is 25.0 Å². The molecule has 0 fully saturated rings. The summed E-state index contributed by atoms with van der Waals surface area (Å²) in [6.45, 7) is 5.87. The zero-order valence-electron chi connectivity index (χ0n) is 15.2. The quantitative estimate of drug-likeness (QED) is 0.650. The van der Waals surface area contributed by atoms with Gasteiger partial charge in [-0.25, -0.2) is 9.67 Å². The van der Waals surface area contributed by atoms with Crippen LogP contribution in [0.1, 0.15) is 39.2 Å². The highest BCUT2D eigenvalue weighted by Crippen LogP contribution is 2.22. The fraction of sp³-hybridized carbons (Fsp3) is 0.500. The fourth-order valence-corrected chi connectivity index (χ4v) is 2.30. The van der Waals surface area contributed by atoms with Crippen molar-refractivity contribution >= 4 is 11.6 Å². The van der Waals surface area contributed by atoms with Crippen LogP contribution in [0.25, 0.3) is 0 Å². The van der Waals surface area contributed by atoms with Gasteiger partial charge in [-0.3, -0.25) is 9.18 Å². The van der Waals surface area contributed by atoms with Gasteiger partial charge in [-0.15, -0.1) is 0 Å². The Hall–Kier alpha value is -2.15. The van der Waals surface area contributed by atoms with Crippen LogP contribution in [0.4, 0.5) is 4.39 Å². The Morgan fingerprint density at radius 3 is 2.58 bits per heavy atom. The van der Waals surface area contributed by atoms with Gasteiger partial charge in [-0.2, -0.15) is 5.10 Å². The summed E-state index contributed by atoms with van der Waals surface area (Å²) in [4.78, 5) is 16.4. The van der Waals surface area contributed by atoms with Crippen molar-refractivity contribution in [1.29, 1.82) is 0 Å². The summed E-state index contributed by atoms with van der Waals surface area (Å²) in [5.74, 6) is 0.698. The molecule has 26 heavy (non-hydrogen) atoms. The molecule has 0 aliphatic carbocycles.